The lowest BCUT2D eigenvalue weighted by atomic mass is 10.0. The maximum absolute atomic E-state index is 13.3. The van der Waals surface area contributed by atoms with Gasteiger partial charge < -0.3 is 10.1 Å². The van der Waals surface area contributed by atoms with E-state index in [-0.39, 0.29) is 0 Å². The fourth-order valence-electron chi connectivity index (χ4n) is 2.53. The summed E-state index contributed by atoms with van der Waals surface area (Å²) in [6, 6.07) is 4.62. The molecule has 1 saturated heterocycles. The molecule has 2 aromatic rings. The Hall–Kier alpha value is -1.43. The molecule has 0 saturated carbocycles. The molecule has 3 rings (SSSR count). The molecule has 1 aliphatic heterocycles. The van der Waals surface area contributed by atoms with E-state index in [4.69, 9.17) is 27.9 Å². The maximum atomic E-state index is 13.3. The highest BCUT2D eigenvalue weighted by atomic mass is 35.5. The third-order valence-corrected chi connectivity index (χ3v) is 4.60. The molecule has 1 N–H and O–H groups in total. The van der Waals surface area contributed by atoms with Crippen molar-refractivity contribution in [1.29, 1.82) is 0 Å². The van der Waals surface area contributed by atoms with Crippen molar-refractivity contribution in [1.82, 2.24) is 9.97 Å². The summed E-state index contributed by atoms with van der Waals surface area (Å²) in [5.74, 6) is 0.581. The zero-order chi connectivity index (χ0) is 16.2. The molecule has 23 heavy (non-hydrogen) atoms. The van der Waals surface area contributed by atoms with Crippen LogP contribution in [0.4, 0.5) is 10.2 Å². The molecule has 4 nitrogen and oxygen atoms in total. The van der Waals surface area contributed by atoms with Crippen LogP contribution in [0.2, 0.25) is 10.0 Å². The van der Waals surface area contributed by atoms with Crippen molar-refractivity contribution in [3.8, 4) is 11.3 Å². The first kappa shape index (κ1) is 16.4. The summed E-state index contributed by atoms with van der Waals surface area (Å²) in [7, 11) is 0. The Kier molecular flexibility index (Phi) is 5.30. The van der Waals surface area contributed by atoms with Crippen molar-refractivity contribution in [3.05, 3.63) is 40.4 Å². The average molecular weight is 356 g/mol. The normalized spacial score (nSPS) is 15.6. The van der Waals surface area contributed by atoms with Gasteiger partial charge in [0, 0.05) is 43.7 Å². The Morgan fingerprint density at radius 3 is 2.78 bits per heavy atom. The second-order valence-corrected chi connectivity index (χ2v) is 6.24. The number of hydrogen-bond acceptors (Lipinski definition) is 4. The Balaban J connectivity index is 1.81. The first-order valence-corrected chi connectivity index (χ1v) is 8.18. The highest BCUT2D eigenvalue weighted by Gasteiger charge is 2.16. The van der Waals surface area contributed by atoms with Crippen LogP contribution in [0.15, 0.2) is 24.4 Å². The Labute approximate surface area is 144 Å². The predicted molar refractivity (Wildman–Crippen MR) is 89.5 cm³/mol. The highest BCUT2D eigenvalue weighted by molar-refractivity contribution is 6.43. The van der Waals surface area contributed by atoms with Crippen LogP contribution in [-0.2, 0) is 4.74 Å². The predicted octanol–water partition coefficient (Wildman–Crippen LogP) is 4.43. The van der Waals surface area contributed by atoms with E-state index < -0.39 is 5.95 Å². The van der Waals surface area contributed by atoms with Crippen LogP contribution in [0.5, 0.6) is 0 Å². The van der Waals surface area contributed by atoms with E-state index in [0.29, 0.717) is 33.0 Å². The zero-order valence-corrected chi connectivity index (χ0v) is 13.9. The molecule has 122 valence electrons. The Morgan fingerprint density at radius 2 is 2.04 bits per heavy atom. The molecule has 0 amide bonds. The molecule has 0 unspecified atom stereocenters. The van der Waals surface area contributed by atoms with Gasteiger partial charge in [0.2, 0.25) is 5.95 Å². The van der Waals surface area contributed by atoms with Crippen molar-refractivity contribution in [2.75, 3.05) is 25.1 Å². The number of halogens is 3. The van der Waals surface area contributed by atoms with Gasteiger partial charge in [-0.3, -0.25) is 0 Å². The summed E-state index contributed by atoms with van der Waals surface area (Å²) in [6.45, 7) is 2.38. The summed E-state index contributed by atoms with van der Waals surface area (Å²) in [5.41, 5.74) is 0.981. The highest BCUT2D eigenvalue weighted by Crippen LogP contribution is 2.34. The lowest BCUT2D eigenvalue weighted by molar-refractivity contribution is 0.0699. The standard InChI is InChI=1S/C16H16Cl2FN3O/c17-12-8-14(21-9-10-2-5-23-6-3-10)22-16(15(12)18)11-1-4-20-13(19)7-11/h1,4,7-8,10H,2-3,5-6,9H2,(H,21,22). The van der Waals surface area contributed by atoms with Crippen LogP contribution in [-0.4, -0.2) is 29.7 Å². The van der Waals surface area contributed by atoms with Gasteiger partial charge in [0.25, 0.3) is 0 Å². The first-order valence-electron chi connectivity index (χ1n) is 7.43. The third-order valence-electron chi connectivity index (χ3n) is 3.83. The Bertz CT molecular complexity index is 693. The van der Waals surface area contributed by atoms with Crippen LogP contribution >= 0.6 is 23.2 Å². The minimum absolute atomic E-state index is 0.300. The zero-order valence-electron chi connectivity index (χ0n) is 12.4. The molecule has 0 bridgehead atoms. The van der Waals surface area contributed by atoms with Crippen molar-refractivity contribution in [2.24, 2.45) is 5.92 Å². The molecule has 0 aromatic carbocycles. The van der Waals surface area contributed by atoms with E-state index in [9.17, 15) is 4.39 Å². The lowest BCUT2D eigenvalue weighted by Crippen LogP contribution is -2.23. The van der Waals surface area contributed by atoms with Gasteiger partial charge in [-0.05, 0) is 24.8 Å². The summed E-state index contributed by atoms with van der Waals surface area (Å²) >= 11 is 12.4. The van der Waals surface area contributed by atoms with Crippen molar-refractivity contribution < 1.29 is 9.13 Å². The van der Waals surface area contributed by atoms with E-state index in [2.05, 4.69) is 15.3 Å². The van der Waals surface area contributed by atoms with Gasteiger partial charge in [0.15, 0.2) is 0 Å². The molecule has 1 aliphatic rings. The summed E-state index contributed by atoms with van der Waals surface area (Å²) in [6.07, 6.45) is 3.42. The number of pyridine rings is 2. The van der Waals surface area contributed by atoms with Gasteiger partial charge in [0.05, 0.1) is 15.7 Å². The van der Waals surface area contributed by atoms with Gasteiger partial charge in [-0.2, -0.15) is 4.39 Å². The molecule has 3 heterocycles. The number of aromatic nitrogens is 2. The molecule has 0 spiro atoms. The number of nitrogens with zero attached hydrogens (tertiary/aromatic N) is 2. The van der Waals surface area contributed by atoms with E-state index >= 15 is 0 Å². The smallest absolute Gasteiger partial charge is 0.213 e. The average Bonchev–Trinajstić information content (AvgIpc) is 2.57. The lowest BCUT2D eigenvalue weighted by Gasteiger charge is -2.22. The minimum Gasteiger partial charge on any atom is -0.381 e. The number of rotatable bonds is 4. The largest absolute Gasteiger partial charge is 0.381 e. The number of anilines is 1. The van der Waals surface area contributed by atoms with Gasteiger partial charge in [-0.25, -0.2) is 9.97 Å². The van der Waals surface area contributed by atoms with Gasteiger partial charge >= 0.3 is 0 Å². The van der Waals surface area contributed by atoms with Crippen LogP contribution in [0.25, 0.3) is 11.3 Å². The van der Waals surface area contributed by atoms with Gasteiger partial charge in [-0.15, -0.1) is 0 Å². The SMILES string of the molecule is Fc1cc(-c2nc(NCC3CCOCC3)cc(Cl)c2Cl)ccn1. The molecule has 2 aromatic heterocycles. The molecular weight excluding hydrogens is 340 g/mol. The quantitative estimate of drug-likeness (QED) is 0.824. The van der Waals surface area contributed by atoms with Crippen molar-refractivity contribution >= 4 is 29.0 Å². The summed E-state index contributed by atoms with van der Waals surface area (Å²) in [4.78, 5) is 8.02. The summed E-state index contributed by atoms with van der Waals surface area (Å²) < 4.78 is 18.7. The second kappa shape index (κ2) is 7.43. The van der Waals surface area contributed by atoms with Crippen LogP contribution in [0, 0.1) is 11.9 Å². The monoisotopic (exact) mass is 355 g/mol. The number of nitrogens with one attached hydrogen (secondary N) is 1. The topological polar surface area (TPSA) is 47.0 Å². The molecule has 0 atom stereocenters. The fourth-order valence-corrected chi connectivity index (χ4v) is 2.93. The van der Waals surface area contributed by atoms with E-state index in [1.165, 1.54) is 12.3 Å². The van der Waals surface area contributed by atoms with E-state index in [0.717, 1.165) is 32.6 Å². The number of ether oxygens (including phenoxy) is 1. The molecule has 7 heteroatoms. The molecular formula is C16H16Cl2FN3O. The van der Waals surface area contributed by atoms with Gasteiger partial charge in [0.1, 0.15) is 5.82 Å². The first-order chi connectivity index (χ1) is 11.1. The maximum Gasteiger partial charge on any atom is 0.213 e. The van der Waals surface area contributed by atoms with Gasteiger partial charge in [-0.1, -0.05) is 23.2 Å². The molecule has 0 radical (unpaired) electrons. The van der Waals surface area contributed by atoms with Crippen LogP contribution < -0.4 is 5.32 Å². The minimum atomic E-state index is -0.586. The molecule has 0 aliphatic carbocycles. The fraction of sp³-hybridized carbons (Fsp3) is 0.375. The summed E-state index contributed by atoms with van der Waals surface area (Å²) in [5, 5.41) is 3.97. The van der Waals surface area contributed by atoms with E-state index in [1.807, 2.05) is 0 Å². The van der Waals surface area contributed by atoms with Crippen molar-refractivity contribution in [2.45, 2.75) is 12.8 Å². The Morgan fingerprint density at radius 1 is 1.26 bits per heavy atom. The second-order valence-electron chi connectivity index (χ2n) is 5.46. The number of hydrogen-bond donors (Lipinski definition) is 1. The van der Waals surface area contributed by atoms with E-state index in [1.54, 1.807) is 12.1 Å². The molecule has 1 fully saturated rings. The van der Waals surface area contributed by atoms with Crippen molar-refractivity contribution in [3.63, 3.8) is 0 Å². The third kappa shape index (κ3) is 4.10. The van der Waals surface area contributed by atoms with Crippen LogP contribution in [0.3, 0.4) is 0 Å². The van der Waals surface area contributed by atoms with Crippen LogP contribution in [0.1, 0.15) is 12.8 Å².